The zero-order valence-corrected chi connectivity index (χ0v) is 11.9. The highest BCUT2D eigenvalue weighted by molar-refractivity contribution is 5.42. The maximum absolute atomic E-state index is 4.59. The lowest BCUT2D eigenvalue weighted by Gasteiger charge is -2.05. The van der Waals surface area contributed by atoms with Gasteiger partial charge in [0.1, 0.15) is 5.82 Å². The molecule has 1 aromatic heterocycles. The van der Waals surface area contributed by atoms with Crippen LogP contribution in [0.4, 0.5) is 5.69 Å². The molecule has 4 heteroatoms. The van der Waals surface area contributed by atoms with Gasteiger partial charge in [0.25, 0.3) is 0 Å². The molecule has 1 aromatic carbocycles. The molecule has 0 aliphatic carbocycles. The SMILES string of the molecule is CC(C)Cc1nc(CCNc2ccccc2)n(C)n1. The van der Waals surface area contributed by atoms with E-state index in [2.05, 4.69) is 41.4 Å². The van der Waals surface area contributed by atoms with Gasteiger partial charge in [-0.15, -0.1) is 0 Å². The molecule has 4 nitrogen and oxygen atoms in total. The van der Waals surface area contributed by atoms with Crippen molar-refractivity contribution >= 4 is 5.69 Å². The molecule has 0 atom stereocenters. The van der Waals surface area contributed by atoms with Gasteiger partial charge in [-0.25, -0.2) is 4.98 Å². The first-order chi connectivity index (χ1) is 9.15. The Bertz CT molecular complexity index is 502. The highest BCUT2D eigenvalue weighted by atomic mass is 15.3. The van der Waals surface area contributed by atoms with Gasteiger partial charge in [-0.1, -0.05) is 32.0 Å². The van der Waals surface area contributed by atoms with Gasteiger partial charge in [-0.2, -0.15) is 5.10 Å². The molecule has 102 valence electrons. The number of aromatic nitrogens is 3. The molecule has 0 saturated heterocycles. The highest BCUT2D eigenvalue weighted by Crippen LogP contribution is 2.07. The predicted molar refractivity (Wildman–Crippen MR) is 78.2 cm³/mol. The summed E-state index contributed by atoms with van der Waals surface area (Å²) in [6, 6.07) is 10.2. The first-order valence-electron chi connectivity index (χ1n) is 6.83. The van der Waals surface area contributed by atoms with Gasteiger partial charge >= 0.3 is 0 Å². The largest absolute Gasteiger partial charge is 0.385 e. The zero-order chi connectivity index (χ0) is 13.7. The summed E-state index contributed by atoms with van der Waals surface area (Å²) in [5.74, 6) is 2.59. The van der Waals surface area contributed by atoms with E-state index in [9.17, 15) is 0 Å². The van der Waals surface area contributed by atoms with Crippen LogP contribution in [0, 0.1) is 5.92 Å². The Morgan fingerprint density at radius 1 is 1.21 bits per heavy atom. The Kier molecular flexibility index (Phi) is 4.55. The lowest BCUT2D eigenvalue weighted by molar-refractivity contribution is 0.612. The second-order valence-electron chi connectivity index (χ2n) is 5.21. The van der Waals surface area contributed by atoms with Crippen LogP contribution in [0.25, 0.3) is 0 Å². The Morgan fingerprint density at radius 2 is 1.95 bits per heavy atom. The third-order valence-corrected chi connectivity index (χ3v) is 2.94. The molecule has 1 heterocycles. The zero-order valence-electron chi connectivity index (χ0n) is 11.9. The summed E-state index contributed by atoms with van der Waals surface area (Å²) in [6.45, 7) is 5.25. The molecule has 2 rings (SSSR count). The van der Waals surface area contributed by atoms with Crippen molar-refractivity contribution in [2.24, 2.45) is 13.0 Å². The number of nitrogens with zero attached hydrogens (tertiary/aromatic N) is 3. The number of rotatable bonds is 6. The second kappa shape index (κ2) is 6.36. The molecule has 0 radical (unpaired) electrons. The molecule has 1 N–H and O–H groups in total. The maximum Gasteiger partial charge on any atom is 0.151 e. The molecular formula is C15H22N4. The van der Waals surface area contributed by atoms with Crippen LogP contribution in [-0.2, 0) is 19.9 Å². The van der Waals surface area contributed by atoms with E-state index in [1.807, 2.05) is 29.9 Å². The van der Waals surface area contributed by atoms with Gasteiger partial charge in [0.05, 0.1) is 0 Å². The molecule has 0 unspecified atom stereocenters. The molecule has 0 fully saturated rings. The predicted octanol–water partition coefficient (Wildman–Crippen LogP) is 2.67. The summed E-state index contributed by atoms with van der Waals surface area (Å²) in [4.78, 5) is 4.59. The second-order valence-corrected chi connectivity index (χ2v) is 5.21. The van der Waals surface area contributed by atoms with E-state index in [0.717, 1.165) is 36.7 Å². The summed E-state index contributed by atoms with van der Waals surface area (Å²) >= 11 is 0. The number of para-hydroxylation sites is 1. The summed E-state index contributed by atoms with van der Waals surface area (Å²) < 4.78 is 1.89. The smallest absolute Gasteiger partial charge is 0.151 e. The van der Waals surface area contributed by atoms with Crippen LogP contribution in [0.15, 0.2) is 30.3 Å². The van der Waals surface area contributed by atoms with E-state index in [1.165, 1.54) is 0 Å². The van der Waals surface area contributed by atoms with Crippen LogP contribution in [0.1, 0.15) is 25.5 Å². The number of benzene rings is 1. The van der Waals surface area contributed by atoms with E-state index in [4.69, 9.17) is 0 Å². The summed E-state index contributed by atoms with van der Waals surface area (Å²) in [6.07, 6.45) is 1.83. The fourth-order valence-corrected chi connectivity index (χ4v) is 2.02. The molecule has 0 bridgehead atoms. The summed E-state index contributed by atoms with van der Waals surface area (Å²) in [5, 5.41) is 7.84. The average molecular weight is 258 g/mol. The number of hydrogen-bond acceptors (Lipinski definition) is 3. The quantitative estimate of drug-likeness (QED) is 0.866. The van der Waals surface area contributed by atoms with E-state index in [-0.39, 0.29) is 0 Å². The minimum absolute atomic E-state index is 0.595. The van der Waals surface area contributed by atoms with Crippen molar-refractivity contribution in [1.82, 2.24) is 14.8 Å². The van der Waals surface area contributed by atoms with E-state index < -0.39 is 0 Å². The maximum atomic E-state index is 4.59. The molecule has 0 spiro atoms. The molecule has 0 amide bonds. The van der Waals surface area contributed by atoms with Crippen LogP contribution >= 0.6 is 0 Å². The van der Waals surface area contributed by atoms with Gasteiger partial charge in [0.2, 0.25) is 0 Å². The first kappa shape index (κ1) is 13.6. The lowest BCUT2D eigenvalue weighted by Crippen LogP contribution is -2.09. The van der Waals surface area contributed by atoms with Crippen molar-refractivity contribution in [2.75, 3.05) is 11.9 Å². The minimum Gasteiger partial charge on any atom is -0.385 e. The molecule has 2 aromatic rings. The van der Waals surface area contributed by atoms with Crippen LogP contribution in [0.3, 0.4) is 0 Å². The fourth-order valence-electron chi connectivity index (χ4n) is 2.02. The molecule has 0 saturated carbocycles. The number of anilines is 1. The number of nitrogens with one attached hydrogen (secondary N) is 1. The average Bonchev–Trinajstić information content (AvgIpc) is 2.70. The highest BCUT2D eigenvalue weighted by Gasteiger charge is 2.08. The number of aryl methyl sites for hydroxylation is 1. The summed E-state index contributed by atoms with van der Waals surface area (Å²) in [5.41, 5.74) is 1.15. The van der Waals surface area contributed by atoms with Gasteiger partial charge < -0.3 is 5.32 Å². The Hall–Kier alpha value is -1.84. The van der Waals surface area contributed by atoms with E-state index >= 15 is 0 Å². The normalized spacial score (nSPS) is 10.9. The van der Waals surface area contributed by atoms with Crippen molar-refractivity contribution in [2.45, 2.75) is 26.7 Å². The minimum atomic E-state index is 0.595. The molecule has 0 aliphatic heterocycles. The monoisotopic (exact) mass is 258 g/mol. The third-order valence-electron chi connectivity index (χ3n) is 2.94. The Balaban J connectivity index is 1.87. The summed E-state index contributed by atoms with van der Waals surface area (Å²) in [7, 11) is 1.97. The molecule has 19 heavy (non-hydrogen) atoms. The van der Waals surface area contributed by atoms with Crippen LogP contribution < -0.4 is 5.32 Å². The van der Waals surface area contributed by atoms with Gasteiger partial charge in [0.15, 0.2) is 5.82 Å². The lowest BCUT2D eigenvalue weighted by atomic mass is 10.1. The van der Waals surface area contributed by atoms with E-state index in [1.54, 1.807) is 0 Å². The van der Waals surface area contributed by atoms with Crippen molar-refractivity contribution in [3.05, 3.63) is 42.0 Å². The standard InChI is InChI=1S/C15H22N4/c1-12(2)11-14-17-15(19(3)18-14)9-10-16-13-7-5-4-6-8-13/h4-8,12,16H,9-11H2,1-3H3. The molecule has 0 aliphatic rings. The number of hydrogen-bond donors (Lipinski definition) is 1. The van der Waals surface area contributed by atoms with Crippen molar-refractivity contribution in [1.29, 1.82) is 0 Å². The van der Waals surface area contributed by atoms with Crippen LogP contribution in [0.2, 0.25) is 0 Å². The molecular weight excluding hydrogens is 236 g/mol. The Labute approximate surface area is 114 Å². The van der Waals surface area contributed by atoms with Gasteiger partial charge in [-0.05, 0) is 18.1 Å². The first-order valence-corrected chi connectivity index (χ1v) is 6.83. The van der Waals surface area contributed by atoms with Crippen molar-refractivity contribution in [3.8, 4) is 0 Å². The topological polar surface area (TPSA) is 42.7 Å². The fraction of sp³-hybridized carbons (Fsp3) is 0.467. The van der Waals surface area contributed by atoms with Gasteiger partial charge in [0, 0.05) is 32.1 Å². The Morgan fingerprint density at radius 3 is 2.63 bits per heavy atom. The van der Waals surface area contributed by atoms with Crippen molar-refractivity contribution in [3.63, 3.8) is 0 Å². The van der Waals surface area contributed by atoms with Gasteiger partial charge in [-0.3, -0.25) is 4.68 Å². The van der Waals surface area contributed by atoms with Crippen LogP contribution in [-0.4, -0.2) is 21.3 Å². The van der Waals surface area contributed by atoms with Crippen molar-refractivity contribution < 1.29 is 0 Å². The van der Waals surface area contributed by atoms with Crippen LogP contribution in [0.5, 0.6) is 0 Å². The third kappa shape index (κ3) is 4.09. The van der Waals surface area contributed by atoms with E-state index in [0.29, 0.717) is 5.92 Å².